The molecule has 0 saturated carbocycles. The van der Waals surface area contributed by atoms with Gasteiger partial charge < -0.3 is 0 Å². The van der Waals surface area contributed by atoms with E-state index in [0.717, 1.165) is 12.0 Å². The lowest BCUT2D eigenvalue weighted by Gasteiger charge is -2.10. The lowest BCUT2D eigenvalue weighted by Crippen LogP contribution is -2.24. The molecule has 1 aliphatic heterocycles. The van der Waals surface area contributed by atoms with Crippen molar-refractivity contribution < 1.29 is 9.63 Å². The second kappa shape index (κ2) is 5.54. The van der Waals surface area contributed by atoms with Crippen LogP contribution >= 0.6 is 23.2 Å². The highest BCUT2D eigenvalue weighted by Crippen LogP contribution is 2.22. The Hall–Kier alpha value is -1.03. The summed E-state index contributed by atoms with van der Waals surface area (Å²) in [5, 5.41) is 2.44. The van der Waals surface area contributed by atoms with E-state index in [1.807, 2.05) is 0 Å². The summed E-state index contributed by atoms with van der Waals surface area (Å²) in [6.07, 6.45) is 3.98. The molecule has 0 atom stereocenters. The van der Waals surface area contributed by atoms with Crippen molar-refractivity contribution in [3.8, 4) is 0 Å². The molecule has 0 bridgehead atoms. The van der Waals surface area contributed by atoms with Gasteiger partial charge in [-0.05, 0) is 30.2 Å². The number of hydroxylamine groups is 2. The minimum Gasteiger partial charge on any atom is -0.271 e. The van der Waals surface area contributed by atoms with E-state index in [9.17, 15) is 4.79 Å². The molecule has 0 N–H and O–H groups in total. The molecule has 0 radical (unpaired) electrons. The van der Waals surface area contributed by atoms with E-state index in [-0.39, 0.29) is 5.91 Å². The average molecular weight is 272 g/mol. The number of hydrogen-bond donors (Lipinski definition) is 0. The lowest BCUT2D eigenvalue weighted by atomic mass is 10.2. The molecular formula is C12H11Cl2NO2. The molecule has 2 rings (SSSR count). The second-order valence-electron chi connectivity index (χ2n) is 3.63. The van der Waals surface area contributed by atoms with E-state index in [1.54, 1.807) is 24.3 Å². The highest BCUT2D eigenvalue weighted by molar-refractivity contribution is 6.35. The molecule has 1 heterocycles. The van der Waals surface area contributed by atoms with Gasteiger partial charge in [0.2, 0.25) is 0 Å². The van der Waals surface area contributed by atoms with Gasteiger partial charge >= 0.3 is 0 Å². The third-order valence-electron chi connectivity index (χ3n) is 2.37. The van der Waals surface area contributed by atoms with Crippen LogP contribution in [0.5, 0.6) is 0 Å². The van der Waals surface area contributed by atoms with Crippen molar-refractivity contribution >= 4 is 35.2 Å². The number of nitrogens with zero attached hydrogens (tertiary/aromatic N) is 1. The monoisotopic (exact) mass is 271 g/mol. The van der Waals surface area contributed by atoms with Gasteiger partial charge in [0.25, 0.3) is 5.91 Å². The minimum absolute atomic E-state index is 0.173. The third-order valence-corrected chi connectivity index (χ3v) is 2.93. The minimum atomic E-state index is -0.173. The first-order valence-corrected chi connectivity index (χ1v) is 6.00. The van der Waals surface area contributed by atoms with Crippen LogP contribution in [0.25, 0.3) is 6.08 Å². The zero-order chi connectivity index (χ0) is 12.3. The number of carbonyl (C=O) groups is 1. The topological polar surface area (TPSA) is 29.5 Å². The predicted octanol–water partition coefficient (Wildman–Crippen LogP) is 3.17. The van der Waals surface area contributed by atoms with Gasteiger partial charge in [-0.2, -0.15) is 0 Å². The smallest absolute Gasteiger partial charge is 0.270 e. The van der Waals surface area contributed by atoms with Crippen LogP contribution in [0.1, 0.15) is 12.0 Å². The highest BCUT2D eigenvalue weighted by atomic mass is 35.5. The van der Waals surface area contributed by atoms with Crippen molar-refractivity contribution in [3.05, 3.63) is 39.9 Å². The molecule has 1 amide bonds. The number of benzene rings is 1. The Morgan fingerprint density at radius 2 is 2.24 bits per heavy atom. The molecule has 1 fully saturated rings. The zero-order valence-corrected chi connectivity index (χ0v) is 10.5. The van der Waals surface area contributed by atoms with Crippen molar-refractivity contribution in [2.75, 3.05) is 13.2 Å². The van der Waals surface area contributed by atoms with E-state index in [4.69, 9.17) is 28.0 Å². The maximum absolute atomic E-state index is 11.6. The van der Waals surface area contributed by atoms with Crippen molar-refractivity contribution in [2.24, 2.45) is 0 Å². The van der Waals surface area contributed by atoms with Crippen molar-refractivity contribution in [1.29, 1.82) is 0 Å². The summed E-state index contributed by atoms with van der Waals surface area (Å²) >= 11 is 11.8. The summed E-state index contributed by atoms with van der Waals surface area (Å²) in [6, 6.07) is 5.13. The third kappa shape index (κ3) is 3.22. The maximum atomic E-state index is 11.6. The molecule has 1 aromatic carbocycles. The molecule has 5 heteroatoms. The van der Waals surface area contributed by atoms with Gasteiger partial charge in [-0.15, -0.1) is 0 Å². The quantitative estimate of drug-likeness (QED) is 0.774. The van der Waals surface area contributed by atoms with Crippen molar-refractivity contribution in [2.45, 2.75) is 6.42 Å². The first-order valence-electron chi connectivity index (χ1n) is 5.24. The Morgan fingerprint density at radius 3 is 2.88 bits per heavy atom. The molecule has 3 nitrogen and oxygen atoms in total. The fourth-order valence-corrected chi connectivity index (χ4v) is 1.97. The standard InChI is InChI=1S/C12H11Cl2NO2/c13-10-4-2-9(11(14)8-10)3-5-12(16)15-6-1-7-17-15/h2-5,8H,1,6-7H2/b5-3+. The summed E-state index contributed by atoms with van der Waals surface area (Å²) < 4.78 is 0. The van der Waals surface area contributed by atoms with Crippen LogP contribution in [0.15, 0.2) is 24.3 Å². The van der Waals surface area contributed by atoms with E-state index in [0.29, 0.717) is 23.2 Å². The van der Waals surface area contributed by atoms with Gasteiger partial charge in [0.1, 0.15) is 0 Å². The van der Waals surface area contributed by atoms with Crippen molar-refractivity contribution in [3.63, 3.8) is 0 Å². The normalized spacial score (nSPS) is 15.8. The van der Waals surface area contributed by atoms with Crippen LogP contribution in [0.4, 0.5) is 0 Å². The summed E-state index contributed by atoms with van der Waals surface area (Å²) in [4.78, 5) is 16.8. The van der Waals surface area contributed by atoms with Crippen LogP contribution in [0.3, 0.4) is 0 Å². The van der Waals surface area contributed by atoms with Gasteiger partial charge in [-0.25, -0.2) is 5.06 Å². The number of halogens is 2. The molecule has 1 saturated heterocycles. The van der Waals surface area contributed by atoms with Crippen LogP contribution < -0.4 is 0 Å². The van der Waals surface area contributed by atoms with Crippen LogP contribution in [-0.2, 0) is 9.63 Å². The van der Waals surface area contributed by atoms with Gasteiger partial charge in [0.15, 0.2) is 0 Å². The molecule has 0 spiro atoms. The van der Waals surface area contributed by atoms with Crippen molar-refractivity contribution in [1.82, 2.24) is 5.06 Å². The first-order chi connectivity index (χ1) is 8.16. The maximum Gasteiger partial charge on any atom is 0.270 e. The summed E-state index contributed by atoms with van der Waals surface area (Å²) in [5.74, 6) is -0.173. The van der Waals surface area contributed by atoms with E-state index in [2.05, 4.69) is 0 Å². The van der Waals surface area contributed by atoms with Crippen LogP contribution in [0, 0.1) is 0 Å². The Kier molecular flexibility index (Phi) is 4.05. The van der Waals surface area contributed by atoms with E-state index >= 15 is 0 Å². The lowest BCUT2D eigenvalue weighted by molar-refractivity contribution is -0.162. The van der Waals surface area contributed by atoms with E-state index in [1.165, 1.54) is 11.1 Å². The number of hydrogen-bond acceptors (Lipinski definition) is 2. The van der Waals surface area contributed by atoms with Gasteiger partial charge in [-0.3, -0.25) is 9.63 Å². The van der Waals surface area contributed by atoms with Gasteiger partial charge in [0, 0.05) is 16.1 Å². The van der Waals surface area contributed by atoms with Crippen LogP contribution in [0.2, 0.25) is 10.0 Å². The Labute approximate surface area is 110 Å². The number of carbonyl (C=O) groups excluding carboxylic acids is 1. The molecular weight excluding hydrogens is 261 g/mol. The molecule has 0 aromatic heterocycles. The van der Waals surface area contributed by atoms with Gasteiger partial charge in [-0.1, -0.05) is 29.3 Å². The molecule has 0 aliphatic carbocycles. The Bertz CT molecular complexity index is 454. The fourth-order valence-electron chi connectivity index (χ4n) is 1.50. The summed E-state index contributed by atoms with van der Waals surface area (Å²) in [6.45, 7) is 1.23. The molecule has 1 aliphatic rings. The van der Waals surface area contributed by atoms with Crippen LogP contribution in [-0.4, -0.2) is 24.1 Å². The Balaban J connectivity index is 2.06. The molecule has 1 aromatic rings. The fraction of sp³-hybridized carbons (Fsp3) is 0.250. The molecule has 17 heavy (non-hydrogen) atoms. The highest BCUT2D eigenvalue weighted by Gasteiger charge is 2.16. The molecule has 0 unspecified atom stereocenters. The zero-order valence-electron chi connectivity index (χ0n) is 9.03. The van der Waals surface area contributed by atoms with Gasteiger partial charge in [0.05, 0.1) is 13.2 Å². The molecule has 90 valence electrons. The Morgan fingerprint density at radius 1 is 1.41 bits per heavy atom. The first kappa shape index (κ1) is 12.4. The second-order valence-corrected chi connectivity index (χ2v) is 4.47. The summed E-state index contributed by atoms with van der Waals surface area (Å²) in [5.41, 5.74) is 0.753. The summed E-state index contributed by atoms with van der Waals surface area (Å²) in [7, 11) is 0. The average Bonchev–Trinajstić information content (AvgIpc) is 2.81. The largest absolute Gasteiger partial charge is 0.271 e. The predicted molar refractivity (Wildman–Crippen MR) is 67.8 cm³/mol. The SMILES string of the molecule is O=C(/C=C/c1ccc(Cl)cc1Cl)N1CCCO1. The number of rotatable bonds is 2. The number of amides is 1. The van der Waals surface area contributed by atoms with E-state index < -0.39 is 0 Å².